The number of thiophene rings is 1. The lowest BCUT2D eigenvalue weighted by molar-refractivity contribution is 0.672. The molecular formula is C58H37NOS. The number of benzene rings is 10. The van der Waals surface area contributed by atoms with Gasteiger partial charge in [-0.2, -0.15) is 0 Å². The Hall–Kier alpha value is -7.72. The van der Waals surface area contributed by atoms with Crippen LogP contribution in [0.1, 0.15) is 0 Å². The summed E-state index contributed by atoms with van der Waals surface area (Å²) in [6.45, 7) is 0. The van der Waals surface area contributed by atoms with Crippen molar-refractivity contribution in [1.82, 2.24) is 0 Å². The molecule has 0 spiro atoms. The number of hydrogen-bond acceptors (Lipinski definition) is 3. The molecule has 0 saturated carbocycles. The van der Waals surface area contributed by atoms with Crippen molar-refractivity contribution in [3.8, 4) is 44.5 Å². The molecule has 2 nitrogen and oxygen atoms in total. The van der Waals surface area contributed by atoms with Gasteiger partial charge < -0.3 is 9.32 Å². The quantitative estimate of drug-likeness (QED) is 0.160. The molecule has 0 saturated heterocycles. The minimum atomic E-state index is 0.863. The Bertz CT molecular complexity index is 3530. The molecule has 2 aromatic heterocycles. The highest BCUT2D eigenvalue weighted by molar-refractivity contribution is 7.25. The zero-order valence-corrected chi connectivity index (χ0v) is 33.9. The summed E-state index contributed by atoms with van der Waals surface area (Å²) in [5, 5.41) is 7.07. The largest absolute Gasteiger partial charge is 0.455 e. The van der Waals surface area contributed by atoms with Crippen molar-refractivity contribution in [2.24, 2.45) is 0 Å². The minimum absolute atomic E-state index is 0.863. The summed E-state index contributed by atoms with van der Waals surface area (Å²) in [5.41, 5.74) is 14.5. The van der Waals surface area contributed by atoms with E-state index < -0.39 is 0 Å². The van der Waals surface area contributed by atoms with Crippen LogP contribution in [-0.4, -0.2) is 0 Å². The van der Waals surface area contributed by atoms with Crippen molar-refractivity contribution >= 4 is 81.3 Å². The van der Waals surface area contributed by atoms with Gasteiger partial charge in [0.05, 0.1) is 11.1 Å². The maximum Gasteiger partial charge on any atom is 0.143 e. The molecule has 0 bridgehead atoms. The van der Waals surface area contributed by atoms with Gasteiger partial charge in [0, 0.05) is 42.3 Å². The molecule has 61 heavy (non-hydrogen) atoms. The van der Waals surface area contributed by atoms with E-state index >= 15 is 0 Å². The van der Waals surface area contributed by atoms with Crippen molar-refractivity contribution in [3.05, 3.63) is 224 Å². The second-order valence-electron chi connectivity index (χ2n) is 15.7. The molecule has 0 aliphatic carbocycles. The smallest absolute Gasteiger partial charge is 0.143 e. The Morgan fingerprint density at radius 3 is 1.70 bits per heavy atom. The van der Waals surface area contributed by atoms with Gasteiger partial charge in [-0.05, 0) is 123 Å². The zero-order chi connectivity index (χ0) is 40.3. The molecular weight excluding hydrogens is 759 g/mol. The topological polar surface area (TPSA) is 16.4 Å². The predicted molar refractivity (Wildman–Crippen MR) is 261 cm³/mol. The van der Waals surface area contributed by atoms with Gasteiger partial charge in [0.25, 0.3) is 0 Å². The molecule has 0 N–H and O–H groups in total. The summed E-state index contributed by atoms with van der Waals surface area (Å²) >= 11 is 1.86. The first-order valence-electron chi connectivity index (χ1n) is 20.7. The second kappa shape index (κ2) is 14.5. The Balaban J connectivity index is 1.05. The molecule has 286 valence electrons. The van der Waals surface area contributed by atoms with E-state index in [1.54, 1.807) is 0 Å². The molecule has 0 amide bonds. The van der Waals surface area contributed by atoms with E-state index in [0.717, 1.165) is 55.3 Å². The molecule has 10 aromatic carbocycles. The first kappa shape index (κ1) is 35.2. The van der Waals surface area contributed by atoms with Crippen LogP contribution in [0.4, 0.5) is 17.1 Å². The summed E-state index contributed by atoms with van der Waals surface area (Å²) in [7, 11) is 0. The SMILES string of the molecule is c1ccc(-c2cc(-c3ccccc3)cc(-c3ccc(N(c4cccc(-c5cccc6sc7ccccc7c56)c4)c4cccc5oc6c7ccccc7ccc6c45)cc3)c2)cc1. The summed E-state index contributed by atoms with van der Waals surface area (Å²) in [4.78, 5) is 2.40. The van der Waals surface area contributed by atoms with Crippen LogP contribution in [0.5, 0.6) is 0 Å². The molecule has 0 radical (unpaired) electrons. The first-order chi connectivity index (χ1) is 30.2. The Morgan fingerprint density at radius 2 is 0.951 bits per heavy atom. The molecule has 0 aliphatic rings. The van der Waals surface area contributed by atoms with Crippen molar-refractivity contribution in [2.75, 3.05) is 4.90 Å². The number of fused-ring (bicyclic) bond motifs is 8. The fourth-order valence-corrected chi connectivity index (χ4v) is 10.3. The summed E-state index contributed by atoms with van der Waals surface area (Å²) < 4.78 is 9.35. The highest BCUT2D eigenvalue weighted by Gasteiger charge is 2.22. The van der Waals surface area contributed by atoms with Crippen LogP contribution in [0, 0.1) is 0 Å². The summed E-state index contributed by atoms with van der Waals surface area (Å²) in [6.07, 6.45) is 0. The lowest BCUT2D eigenvalue weighted by Gasteiger charge is -2.27. The third kappa shape index (κ3) is 6.09. The molecule has 0 atom stereocenters. The van der Waals surface area contributed by atoms with Crippen molar-refractivity contribution in [2.45, 2.75) is 0 Å². The van der Waals surface area contributed by atoms with Crippen LogP contribution in [0.3, 0.4) is 0 Å². The van der Waals surface area contributed by atoms with Gasteiger partial charge in [-0.1, -0.05) is 152 Å². The van der Waals surface area contributed by atoms with E-state index in [-0.39, 0.29) is 0 Å². The summed E-state index contributed by atoms with van der Waals surface area (Å²) in [5.74, 6) is 0. The van der Waals surface area contributed by atoms with E-state index in [2.05, 4.69) is 229 Å². The maximum absolute atomic E-state index is 6.75. The van der Waals surface area contributed by atoms with Gasteiger partial charge in [-0.15, -0.1) is 11.3 Å². The zero-order valence-electron chi connectivity index (χ0n) is 33.1. The Kier molecular flexibility index (Phi) is 8.39. The molecule has 3 heteroatoms. The van der Waals surface area contributed by atoms with E-state index in [4.69, 9.17) is 4.42 Å². The standard InChI is InChI=1S/C58H37NOS/c1-3-14-38(15-4-1)43-34-44(39-16-5-2-6-17-39)36-45(35-43)40-28-31-46(32-29-40)59(52-24-13-25-53-57(52)51-33-30-41-18-7-8-21-49(41)58(51)60-53)47-20-11-19-42(37-47)48-23-12-27-55-56(48)50-22-9-10-26-54(50)61-55/h1-37H. The number of rotatable bonds is 7. The Labute approximate surface area is 357 Å². The van der Waals surface area contributed by atoms with Crippen LogP contribution < -0.4 is 4.90 Å². The van der Waals surface area contributed by atoms with Crippen LogP contribution in [0.25, 0.3) is 97.4 Å². The van der Waals surface area contributed by atoms with E-state index in [9.17, 15) is 0 Å². The highest BCUT2D eigenvalue weighted by atomic mass is 32.1. The molecule has 2 heterocycles. The maximum atomic E-state index is 6.75. The van der Waals surface area contributed by atoms with Crippen molar-refractivity contribution in [1.29, 1.82) is 0 Å². The number of hydrogen-bond donors (Lipinski definition) is 0. The molecule has 0 unspecified atom stereocenters. The fourth-order valence-electron chi connectivity index (χ4n) is 9.17. The van der Waals surface area contributed by atoms with Crippen LogP contribution in [0.15, 0.2) is 229 Å². The molecule has 0 aliphatic heterocycles. The average molecular weight is 796 g/mol. The Morgan fingerprint density at radius 1 is 0.344 bits per heavy atom. The highest BCUT2D eigenvalue weighted by Crippen LogP contribution is 2.47. The van der Waals surface area contributed by atoms with E-state index in [1.807, 2.05) is 11.3 Å². The number of anilines is 3. The molecule has 12 aromatic rings. The second-order valence-corrected chi connectivity index (χ2v) is 16.7. The summed E-state index contributed by atoms with van der Waals surface area (Å²) in [6, 6.07) is 81.2. The first-order valence-corrected chi connectivity index (χ1v) is 21.6. The van der Waals surface area contributed by atoms with Crippen LogP contribution in [0.2, 0.25) is 0 Å². The predicted octanol–water partition coefficient (Wildman–Crippen LogP) is 17.2. The van der Waals surface area contributed by atoms with Crippen molar-refractivity contribution < 1.29 is 4.42 Å². The minimum Gasteiger partial charge on any atom is -0.455 e. The van der Waals surface area contributed by atoms with Crippen LogP contribution in [-0.2, 0) is 0 Å². The third-order valence-electron chi connectivity index (χ3n) is 12.0. The average Bonchev–Trinajstić information content (AvgIpc) is 3.92. The van der Waals surface area contributed by atoms with Gasteiger partial charge in [0.1, 0.15) is 11.2 Å². The van der Waals surface area contributed by atoms with E-state index in [0.29, 0.717) is 0 Å². The molecule has 12 rings (SSSR count). The third-order valence-corrected chi connectivity index (χ3v) is 13.2. The van der Waals surface area contributed by atoms with Gasteiger partial charge in [-0.3, -0.25) is 0 Å². The molecule has 0 fully saturated rings. The van der Waals surface area contributed by atoms with Gasteiger partial charge >= 0.3 is 0 Å². The van der Waals surface area contributed by atoms with Gasteiger partial charge in [-0.25, -0.2) is 0 Å². The van der Waals surface area contributed by atoms with Gasteiger partial charge in [0.2, 0.25) is 0 Å². The fraction of sp³-hybridized carbons (Fsp3) is 0. The normalized spacial score (nSPS) is 11.6. The number of furan rings is 1. The van der Waals surface area contributed by atoms with E-state index in [1.165, 1.54) is 59.1 Å². The lowest BCUT2D eigenvalue weighted by atomic mass is 9.93. The lowest BCUT2D eigenvalue weighted by Crippen LogP contribution is -2.10. The van der Waals surface area contributed by atoms with Crippen LogP contribution >= 0.6 is 11.3 Å². The van der Waals surface area contributed by atoms with Gasteiger partial charge in [0.15, 0.2) is 0 Å². The number of nitrogens with zero attached hydrogens (tertiary/aromatic N) is 1. The monoisotopic (exact) mass is 795 g/mol. The van der Waals surface area contributed by atoms with Crippen molar-refractivity contribution in [3.63, 3.8) is 0 Å².